The van der Waals surface area contributed by atoms with Crippen LogP contribution in [0.4, 0.5) is 0 Å². The third-order valence-electron chi connectivity index (χ3n) is 4.67. The highest BCUT2D eigenvalue weighted by atomic mass is 35.5. The summed E-state index contributed by atoms with van der Waals surface area (Å²) in [6.07, 6.45) is 5.08. The Labute approximate surface area is 154 Å². The van der Waals surface area contributed by atoms with Crippen molar-refractivity contribution in [1.82, 2.24) is 9.62 Å². The molecule has 0 aliphatic carbocycles. The van der Waals surface area contributed by atoms with E-state index in [9.17, 15) is 8.42 Å². The molecule has 0 unspecified atom stereocenters. The minimum Gasteiger partial charge on any atom is -0.301 e. The summed E-state index contributed by atoms with van der Waals surface area (Å²) in [6.45, 7) is 5.47. The quantitative estimate of drug-likeness (QED) is 0.870. The van der Waals surface area contributed by atoms with Crippen molar-refractivity contribution >= 4 is 32.4 Å². The maximum absolute atomic E-state index is 12.5. The van der Waals surface area contributed by atoms with E-state index in [0.29, 0.717) is 28.5 Å². The number of hydrogen-bond acceptors (Lipinski definition) is 4. The van der Waals surface area contributed by atoms with Crippen molar-refractivity contribution < 1.29 is 8.42 Å². The molecule has 2 aliphatic heterocycles. The Morgan fingerprint density at radius 3 is 2.60 bits per heavy atom. The predicted octanol–water partition coefficient (Wildman–Crippen LogP) is 3.28. The zero-order chi connectivity index (χ0) is 17.9. The molecule has 5 nitrogen and oxygen atoms in total. The van der Waals surface area contributed by atoms with Gasteiger partial charge in [-0.3, -0.25) is 9.71 Å². The molecule has 1 N–H and O–H groups in total. The van der Waals surface area contributed by atoms with Crippen molar-refractivity contribution in [2.75, 3.05) is 26.2 Å². The lowest BCUT2D eigenvalue weighted by molar-refractivity contribution is 0.293. The van der Waals surface area contributed by atoms with Crippen LogP contribution < -0.4 is 4.72 Å². The van der Waals surface area contributed by atoms with E-state index in [-0.39, 0.29) is 4.91 Å². The largest absolute Gasteiger partial charge is 0.301 e. The molecular formula is C18H24ClN3O2S. The molecule has 1 aromatic carbocycles. The number of nitrogens with zero attached hydrogens (tertiary/aromatic N) is 2. The van der Waals surface area contributed by atoms with Crippen LogP contribution in [0.2, 0.25) is 5.02 Å². The summed E-state index contributed by atoms with van der Waals surface area (Å²) in [7, 11) is -3.59. The van der Waals surface area contributed by atoms with Gasteiger partial charge >= 0.3 is 0 Å². The van der Waals surface area contributed by atoms with E-state index in [1.165, 1.54) is 25.7 Å². The minimum absolute atomic E-state index is 0.267. The molecule has 0 amide bonds. The highest BCUT2D eigenvalue weighted by Gasteiger charge is 2.32. The van der Waals surface area contributed by atoms with E-state index in [0.717, 1.165) is 19.6 Å². The van der Waals surface area contributed by atoms with Crippen LogP contribution in [0.15, 0.2) is 34.8 Å². The van der Waals surface area contributed by atoms with Crippen LogP contribution in [0.25, 0.3) is 4.91 Å². The van der Waals surface area contributed by atoms with Gasteiger partial charge in [0.2, 0.25) is 0 Å². The van der Waals surface area contributed by atoms with Crippen LogP contribution >= 0.6 is 11.6 Å². The second-order valence-electron chi connectivity index (χ2n) is 6.56. The number of likely N-dealkylation sites (tertiary alicyclic amines) is 1. The van der Waals surface area contributed by atoms with Crippen LogP contribution in [0.1, 0.15) is 38.2 Å². The Hall–Kier alpha value is -1.37. The fourth-order valence-corrected chi connectivity index (χ4v) is 5.08. The standard InChI is InChI=1S/C18H24ClN3O2S/c1-14-17(15-7-6-8-16(19)13-15)25(23,24)21-18(14)20-9-12-22-10-4-2-3-5-11-22/h6-8,13H,2-5,9-12H2,1H3,(H,20,21). The first-order valence-corrected chi connectivity index (χ1v) is 10.6. The van der Waals surface area contributed by atoms with Crippen LogP contribution in [-0.4, -0.2) is 45.3 Å². The Balaban J connectivity index is 1.76. The lowest BCUT2D eigenvalue weighted by atomic mass is 10.1. The van der Waals surface area contributed by atoms with Crippen LogP contribution in [0.3, 0.4) is 0 Å². The first-order chi connectivity index (χ1) is 12.0. The van der Waals surface area contributed by atoms with E-state index in [1.807, 2.05) is 0 Å². The Kier molecular flexibility index (Phi) is 5.81. The fourth-order valence-electron chi connectivity index (χ4n) is 3.38. The second kappa shape index (κ2) is 7.89. The summed E-state index contributed by atoms with van der Waals surface area (Å²) < 4.78 is 27.6. The van der Waals surface area contributed by atoms with Crippen LogP contribution in [0.5, 0.6) is 0 Å². The van der Waals surface area contributed by atoms with Gasteiger partial charge < -0.3 is 4.90 Å². The van der Waals surface area contributed by atoms with Crippen molar-refractivity contribution in [1.29, 1.82) is 0 Å². The van der Waals surface area contributed by atoms with Gasteiger partial charge in [0.1, 0.15) is 10.7 Å². The van der Waals surface area contributed by atoms with Gasteiger partial charge in [-0.15, -0.1) is 0 Å². The Morgan fingerprint density at radius 1 is 1.20 bits per heavy atom. The Bertz CT molecular complexity index is 794. The van der Waals surface area contributed by atoms with E-state index < -0.39 is 10.0 Å². The summed E-state index contributed by atoms with van der Waals surface area (Å²) in [5.74, 6) is 0.449. The average Bonchev–Trinajstić information content (AvgIpc) is 2.73. The molecule has 1 fully saturated rings. The second-order valence-corrected chi connectivity index (χ2v) is 8.61. The first kappa shape index (κ1) is 18.4. The van der Waals surface area contributed by atoms with E-state index in [1.54, 1.807) is 31.2 Å². The molecule has 136 valence electrons. The van der Waals surface area contributed by atoms with Crippen LogP contribution in [0, 0.1) is 0 Å². The molecule has 2 aliphatic rings. The van der Waals surface area contributed by atoms with Crippen molar-refractivity contribution in [3.8, 4) is 0 Å². The number of hydrogen-bond donors (Lipinski definition) is 1. The molecule has 0 bridgehead atoms. The van der Waals surface area contributed by atoms with Crippen molar-refractivity contribution in [3.63, 3.8) is 0 Å². The third-order valence-corrected chi connectivity index (χ3v) is 6.44. The number of sulfonamides is 1. The molecule has 0 radical (unpaired) electrons. The maximum atomic E-state index is 12.5. The summed E-state index contributed by atoms with van der Waals surface area (Å²) in [5.41, 5.74) is 1.24. The molecule has 1 saturated heterocycles. The van der Waals surface area contributed by atoms with E-state index in [4.69, 9.17) is 11.6 Å². The highest BCUT2D eigenvalue weighted by Crippen LogP contribution is 2.31. The zero-order valence-electron chi connectivity index (χ0n) is 14.5. The van der Waals surface area contributed by atoms with Gasteiger partial charge in [0.05, 0.1) is 6.54 Å². The highest BCUT2D eigenvalue weighted by molar-refractivity contribution is 8.00. The average molecular weight is 382 g/mol. The number of amidine groups is 1. The predicted molar refractivity (Wildman–Crippen MR) is 103 cm³/mol. The summed E-state index contributed by atoms with van der Waals surface area (Å²) in [4.78, 5) is 7.20. The molecule has 0 saturated carbocycles. The van der Waals surface area contributed by atoms with E-state index >= 15 is 0 Å². The van der Waals surface area contributed by atoms with Gasteiger partial charge in [0, 0.05) is 17.1 Å². The Morgan fingerprint density at radius 2 is 1.92 bits per heavy atom. The summed E-state index contributed by atoms with van der Waals surface area (Å²) in [5, 5.41) is 0.513. The van der Waals surface area contributed by atoms with E-state index in [2.05, 4.69) is 14.6 Å². The summed E-state index contributed by atoms with van der Waals surface area (Å²) >= 11 is 6.01. The van der Waals surface area contributed by atoms with Crippen molar-refractivity contribution in [3.05, 3.63) is 40.4 Å². The smallest absolute Gasteiger partial charge is 0.264 e. The molecule has 3 rings (SSSR count). The molecular weight excluding hydrogens is 358 g/mol. The molecule has 0 spiro atoms. The monoisotopic (exact) mass is 381 g/mol. The number of rotatable bonds is 4. The lowest BCUT2D eigenvalue weighted by Gasteiger charge is -2.18. The van der Waals surface area contributed by atoms with Gasteiger partial charge in [-0.05, 0) is 50.6 Å². The maximum Gasteiger partial charge on any atom is 0.264 e. The normalized spacial score (nSPS) is 22.9. The van der Waals surface area contributed by atoms with Gasteiger partial charge in [0.25, 0.3) is 10.0 Å². The molecule has 7 heteroatoms. The SMILES string of the molecule is CC1=C(c2cccc(Cl)c2)S(=O)(=O)NC1=NCCN1CCCCCC1. The van der Waals surface area contributed by atoms with Gasteiger partial charge in [-0.2, -0.15) is 0 Å². The number of nitrogens with one attached hydrogen (secondary N) is 1. The number of aliphatic imine (C=N–C) groups is 1. The fraction of sp³-hybridized carbons (Fsp3) is 0.500. The first-order valence-electron chi connectivity index (χ1n) is 8.74. The van der Waals surface area contributed by atoms with Crippen LogP contribution in [-0.2, 0) is 10.0 Å². The van der Waals surface area contributed by atoms with Gasteiger partial charge in [-0.1, -0.05) is 36.6 Å². The topological polar surface area (TPSA) is 61.8 Å². The molecule has 0 aromatic heterocycles. The molecule has 2 heterocycles. The zero-order valence-corrected chi connectivity index (χ0v) is 16.0. The molecule has 1 aromatic rings. The summed E-state index contributed by atoms with van der Waals surface area (Å²) in [6, 6.07) is 6.90. The number of benzene rings is 1. The van der Waals surface area contributed by atoms with Gasteiger partial charge in [-0.25, -0.2) is 8.42 Å². The number of halogens is 1. The van der Waals surface area contributed by atoms with Crippen molar-refractivity contribution in [2.45, 2.75) is 32.6 Å². The minimum atomic E-state index is -3.59. The lowest BCUT2D eigenvalue weighted by Crippen LogP contribution is -2.29. The third kappa shape index (κ3) is 4.43. The molecule has 25 heavy (non-hydrogen) atoms. The van der Waals surface area contributed by atoms with Gasteiger partial charge in [0.15, 0.2) is 0 Å². The molecule has 0 atom stereocenters. The van der Waals surface area contributed by atoms with Crippen molar-refractivity contribution in [2.24, 2.45) is 4.99 Å².